The lowest BCUT2D eigenvalue weighted by Crippen LogP contribution is -2.46. The molecule has 0 radical (unpaired) electrons. The van der Waals surface area contributed by atoms with Crippen LogP contribution in [0.3, 0.4) is 0 Å². The molecule has 7 heteroatoms. The predicted molar refractivity (Wildman–Crippen MR) is 112 cm³/mol. The molecular formula is C22H25ClN2O4. The lowest BCUT2D eigenvalue weighted by molar-refractivity contribution is -0.151. The minimum atomic E-state index is -0.863. The van der Waals surface area contributed by atoms with Crippen molar-refractivity contribution in [2.45, 2.75) is 33.4 Å². The average molecular weight is 417 g/mol. The smallest absolute Gasteiger partial charge is 0.329 e. The number of hydrogen-bond acceptors (Lipinski definition) is 4. The van der Waals surface area contributed by atoms with Crippen LogP contribution in [0.5, 0.6) is 0 Å². The lowest BCUT2D eigenvalue weighted by atomic mass is 10.0. The van der Waals surface area contributed by atoms with Crippen molar-refractivity contribution in [2.75, 3.05) is 6.61 Å². The van der Waals surface area contributed by atoms with E-state index < -0.39 is 24.5 Å². The number of benzene rings is 2. The summed E-state index contributed by atoms with van der Waals surface area (Å²) in [5, 5.41) is 5.89. The van der Waals surface area contributed by atoms with Gasteiger partial charge in [0.2, 0.25) is 0 Å². The molecule has 0 unspecified atom stereocenters. The van der Waals surface area contributed by atoms with Crippen molar-refractivity contribution < 1.29 is 19.1 Å². The van der Waals surface area contributed by atoms with Crippen molar-refractivity contribution in [3.63, 3.8) is 0 Å². The molecule has 1 atom stereocenters. The molecule has 0 aliphatic carbocycles. The van der Waals surface area contributed by atoms with Crippen LogP contribution < -0.4 is 10.6 Å². The molecular weight excluding hydrogens is 392 g/mol. The van der Waals surface area contributed by atoms with Crippen LogP contribution in [0.4, 0.5) is 0 Å². The molecule has 0 bridgehead atoms. The Morgan fingerprint density at radius 1 is 1.03 bits per heavy atom. The highest BCUT2D eigenvalue weighted by Crippen LogP contribution is 2.14. The van der Waals surface area contributed by atoms with Gasteiger partial charge in [-0.2, -0.15) is 0 Å². The fraction of sp³-hybridized carbons (Fsp3) is 0.318. The minimum absolute atomic E-state index is 0.207. The van der Waals surface area contributed by atoms with Crippen LogP contribution in [0.25, 0.3) is 0 Å². The molecule has 2 amide bonds. The van der Waals surface area contributed by atoms with E-state index in [1.807, 2.05) is 25.1 Å². The maximum atomic E-state index is 12.5. The van der Waals surface area contributed by atoms with E-state index in [0.29, 0.717) is 10.6 Å². The van der Waals surface area contributed by atoms with Gasteiger partial charge in [-0.25, -0.2) is 4.79 Å². The number of halogens is 1. The van der Waals surface area contributed by atoms with Gasteiger partial charge in [0.15, 0.2) is 6.61 Å². The zero-order chi connectivity index (χ0) is 21.4. The van der Waals surface area contributed by atoms with E-state index in [2.05, 4.69) is 10.6 Å². The lowest BCUT2D eigenvalue weighted by Gasteiger charge is -2.21. The van der Waals surface area contributed by atoms with Crippen LogP contribution in [-0.4, -0.2) is 30.4 Å². The minimum Gasteiger partial charge on any atom is -0.454 e. The third-order valence-electron chi connectivity index (χ3n) is 4.38. The van der Waals surface area contributed by atoms with Gasteiger partial charge < -0.3 is 15.4 Å². The summed E-state index contributed by atoms with van der Waals surface area (Å²) in [5.74, 6) is -1.68. The first-order valence-corrected chi connectivity index (χ1v) is 9.70. The van der Waals surface area contributed by atoms with Crippen molar-refractivity contribution in [2.24, 2.45) is 5.92 Å². The summed E-state index contributed by atoms with van der Waals surface area (Å²) in [6, 6.07) is 13.4. The number of nitrogens with one attached hydrogen (secondary N) is 2. The molecule has 2 aromatic rings. The Kier molecular flexibility index (Phi) is 8.21. The van der Waals surface area contributed by atoms with E-state index in [1.165, 1.54) is 0 Å². The molecule has 0 fully saturated rings. The van der Waals surface area contributed by atoms with Gasteiger partial charge in [-0.1, -0.05) is 61.8 Å². The molecule has 6 nitrogen and oxygen atoms in total. The maximum Gasteiger partial charge on any atom is 0.329 e. The van der Waals surface area contributed by atoms with Gasteiger partial charge in [-0.15, -0.1) is 0 Å². The Balaban J connectivity index is 1.89. The summed E-state index contributed by atoms with van der Waals surface area (Å²) < 4.78 is 5.11. The molecule has 0 aromatic heterocycles. The molecule has 29 heavy (non-hydrogen) atoms. The van der Waals surface area contributed by atoms with Crippen LogP contribution in [0.1, 0.15) is 35.3 Å². The number of carbonyl (C=O) groups excluding carboxylic acids is 3. The summed E-state index contributed by atoms with van der Waals surface area (Å²) in [4.78, 5) is 36.9. The van der Waals surface area contributed by atoms with Gasteiger partial charge in [-0.3, -0.25) is 9.59 Å². The van der Waals surface area contributed by atoms with E-state index in [4.69, 9.17) is 16.3 Å². The molecule has 0 aliphatic rings. The van der Waals surface area contributed by atoms with E-state index in [9.17, 15) is 14.4 Å². The largest absolute Gasteiger partial charge is 0.454 e. The van der Waals surface area contributed by atoms with E-state index in [0.717, 1.165) is 11.1 Å². The van der Waals surface area contributed by atoms with Crippen LogP contribution in [-0.2, 0) is 20.9 Å². The van der Waals surface area contributed by atoms with Gasteiger partial charge >= 0.3 is 5.97 Å². The van der Waals surface area contributed by atoms with Crippen molar-refractivity contribution in [3.8, 4) is 0 Å². The number of rotatable bonds is 8. The zero-order valence-corrected chi connectivity index (χ0v) is 17.5. The number of hydrogen-bond donors (Lipinski definition) is 2. The monoisotopic (exact) mass is 416 g/mol. The standard InChI is InChI=1S/C22H25ClN2O4/c1-14(2)20(25-21(27)17-10-6-4-8-15(17)3)22(28)29-13-19(26)24-12-16-9-5-7-11-18(16)23/h4-11,14,20H,12-13H2,1-3H3,(H,24,26)(H,25,27)/t20-/m0/s1. The van der Waals surface area contributed by atoms with E-state index >= 15 is 0 Å². The first-order valence-electron chi connectivity index (χ1n) is 9.32. The topological polar surface area (TPSA) is 84.5 Å². The molecule has 0 spiro atoms. The Bertz CT molecular complexity index is 883. The Labute approximate surface area is 175 Å². The van der Waals surface area contributed by atoms with E-state index in [1.54, 1.807) is 44.2 Å². The fourth-order valence-corrected chi connectivity index (χ4v) is 2.86. The maximum absolute atomic E-state index is 12.5. The van der Waals surface area contributed by atoms with Crippen molar-refractivity contribution >= 4 is 29.4 Å². The summed E-state index contributed by atoms with van der Waals surface area (Å²) >= 11 is 6.04. The quantitative estimate of drug-likeness (QED) is 0.647. The molecule has 154 valence electrons. The molecule has 2 aromatic carbocycles. The number of amides is 2. The first kappa shape index (κ1) is 22.4. The third kappa shape index (κ3) is 6.61. The highest BCUT2D eigenvalue weighted by atomic mass is 35.5. The molecule has 2 rings (SSSR count). The van der Waals surface area contributed by atoms with Crippen LogP contribution in [0.15, 0.2) is 48.5 Å². The van der Waals surface area contributed by atoms with Crippen molar-refractivity contribution in [3.05, 3.63) is 70.2 Å². The molecule has 0 saturated carbocycles. The number of aryl methyl sites for hydroxylation is 1. The van der Waals surface area contributed by atoms with Crippen LogP contribution in [0, 0.1) is 12.8 Å². The second-order valence-electron chi connectivity index (χ2n) is 6.99. The molecule has 0 saturated heterocycles. The van der Waals surface area contributed by atoms with Gasteiger partial charge in [0.1, 0.15) is 6.04 Å². The van der Waals surface area contributed by atoms with Crippen molar-refractivity contribution in [1.82, 2.24) is 10.6 Å². The summed E-state index contributed by atoms with van der Waals surface area (Å²) in [7, 11) is 0. The summed E-state index contributed by atoms with van der Waals surface area (Å²) in [6.07, 6.45) is 0. The number of esters is 1. The SMILES string of the molecule is Cc1ccccc1C(=O)N[C@H](C(=O)OCC(=O)NCc1ccccc1Cl)C(C)C. The Morgan fingerprint density at radius 3 is 2.34 bits per heavy atom. The van der Waals surface area contributed by atoms with E-state index in [-0.39, 0.29) is 18.4 Å². The molecule has 2 N–H and O–H groups in total. The Morgan fingerprint density at radius 2 is 1.69 bits per heavy atom. The Hall–Kier alpha value is -2.86. The first-order chi connectivity index (χ1) is 13.8. The van der Waals surface area contributed by atoms with Gasteiger partial charge in [-0.05, 0) is 36.1 Å². The second-order valence-corrected chi connectivity index (χ2v) is 7.39. The number of ether oxygens (including phenoxy) is 1. The fourth-order valence-electron chi connectivity index (χ4n) is 2.66. The highest BCUT2D eigenvalue weighted by Gasteiger charge is 2.27. The molecule has 0 aliphatic heterocycles. The summed E-state index contributed by atoms with van der Waals surface area (Å²) in [6.45, 7) is 5.20. The average Bonchev–Trinajstić information content (AvgIpc) is 2.69. The third-order valence-corrected chi connectivity index (χ3v) is 4.74. The predicted octanol–water partition coefficient (Wildman–Crippen LogP) is 3.26. The molecule has 0 heterocycles. The van der Waals surface area contributed by atoms with Crippen LogP contribution >= 0.6 is 11.6 Å². The number of carbonyl (C=O) groups is 3. The van der Waals surface area contributed by atoms with Gasteiger partial charge in [0.05, 0.1) is 0 Å². The van der Waals surface area contributed by atoms with Gasteiger partial charge in [0.25, 0.3) is 11.8 Å². The normalized spacial score (nSPS) is 11.6. The highest BCUT2D eigenvalue weighted by molar-refractivity contribution is 6.31. The van der Waals surface area contributed by atoms with Gasteiger partial charge in [0, 0.05) is 17.1 Å². The summed E-state index contributed by atoms with van der Waals surface area (Å²) in [5.41, 5.74) is 2.06. The van der Waals surface area contributed by atoms with Crippen LogP contribution in [0.2, 0.25) is 5.02 Å². The van der Waals surface area contributed by atoms with Crippen molar-refractivity contribution in [1.29, 1.82) is 0 Å². The second kappa shape index (κ2) is 10.6. The zero-order valence-electron chi connectivity index (χ0n) is 16.7.